The molecule has 0 amide bonds. The second-order valence-electron chi connectivity index (χ2n) is 9.52. The SMILES string of the molecule is CCCCOc1ccc(C2C(C(=O)OCC(C)C)=C(C)N=c3s/c(=C\c4ccc(Cl)c(Cl)c4)c(=O)n32)cc1. The van der Waals surface area contributed by atoms with Gasteiger partial charge in [0.1, 0.15) is 5.75 Å². The van der Waals surface area contributed by atoms with Gasteiger partial charge in [-0.15, -0.1) is 0 Å². The van der Waals surface area contributed by atoms with Crippen LogP contribution in [0.15, 0.2) is 63.5 Å². The lowest BCUT2D eigenvalue weighted by atomic mass is 9.96. The smallest absolute Gasteiger partial charge is 0.338 e. The minimum atomic E-state index is -0.688. The van der Waals surface area contributed by atoms with Crippen LogP contribution in [0.25, 0.3) is 6.08 Å². The molecular formula is C29H30Cl2N2O4S. The Kier molecular flexibility index (Phi) is 9.13. The van der Waals surface area contributed by atoms with E-state index in [0.29, 0.717) is 37.3 Å². The molecule has 1 atom stereocenters. The quantitative estimate of drug-likeness (QED) is 0.236. The summed E-state index contributed by atoms with van der Waals surface area (Å²) in [5, 5.41) is 0.839. The number of halogens is 2. The monoisotopic (exact) mass is 572 g/mol. The maximum absolute atomic E-state index is 13.8. The topological polar surface area (TPSA) is 69.9 Å². The lowest BCUT2D eigenvalue weighted by molar-refractivity contribution is -0.140. The van der Waals surface area contributed by atoms with Crippen LogP contribution in [0, 0.1) is 5.92 Å². The van der Waals surface area contributed by atoms with Crippen molar-refractivity contribution in [3.05, 3.63) is 94.6 Å². The number of ether oxygens (including phenoxy) is 2. The summed E-state index contributed by atoms with van der Waals surface area (Å²) in [4.78, 5) is 32.2. The minimum absolute atomic E-state index is 0.172. The van der Waals surface area contributed by atoms with E-state index >= 15 is 0 Å². The number of thiazole rings is 1. The average Bonchev–Trinajstić information content (AvgIpc) is 3.18. The highest BCUT2D eigenvalue weighted by Gasteiger charge is 2.33. The largest absolute Gasteiger partial charge is 0.494 e. The second kappa shape index (κ2) is 12.3. The number of rotatable bonds is 9. The van der Waals surface area contributed by atoms with Crippen LogP contribution >= 0.6 is 34.5 Å². The summed E-state index contributed by atoms with van der Waals surface area (Å²) < 4.78 is 13.5. The number of carbonyl (C=O) groups excluding carboxylic acids is 1. The van der Waals surface area contributed by atoms with Crippen molar-refractivity contribution in [3.8, 4) is 5.75 Å². The molecule has 200 valence electrons. The molecule has 0 fully saturated rings. The summed E-state index contributed by atoms with van der Waals surface area (Å²) in [5.74, 6) is 0.427. The first-order valence-electron chi connectivity index (χ1n) is 12.6. The summed E-state index contributed by atoms with van der Waals surface area (Å²) in [5.41, 5.74) is 2.12. The molecule has 0 spiro atoms. The van der Waals surface area contributed by atoms with E-state index in [1.165, 1.54) is 11.3 Å². The predicted octanol–water partition coefficient (Wildman–Crippen LogP) is 5.92. The molecule has 0 radical (unpaired) electrons. The van der Waals surface area contributed by atoms with Crippen LogP contribution in [0.1, 0.15) is 57.7 Å². The first-order valence-corrected chi connectivity index (χ1v) is 14.1. The fourth-order valence-corrected chi connectivity index (χ4v) is 5.41. The highest BCUT2D eigenvalue weighted by Crippen LogP contribution is 2.32. The van der Waals surface area contributed by atoms with Crippen molar-refractivity contribution < 1.29 is 14.3 Å². The van der Waals surface area contributed by atoms with E-state index in [4.69, 9.17) is 32.7 Å². The van der Waals surface area contributed by atoms with Crippen molar-refractivity contribution in [2.24, 2.45) is 10.9 Å². The van der Waals surface area contributed by atoms with Crippen LogP contribution in [0.4, 0.5) is 0 Å². The molecule has 2 heterocycles. The summed E-state index contributed by atoms with van der Waals surface area (Å²) in [6.45, 7) is 8.73. The highest BCUT2D eigenvalue weighted by molar-refractivity contribution is 7.07. The van der Waals surface area contributed by atoms with Crippen LogP contribution in [0.3, 0.4) is 0 Å². The number of allylic oxidation sites excluding steroid dienone is 1. The normalized spacial score (nSPS) is 15.4. The van der Waals surface area contributed by atoms with Crippen molar-refractivity contribution >= 4 is 46.6 Å². The Morgan fingerprint density at radius 3 is 2.55 bits per heavy atom. The Morgan fingerprint density at radius 1 is 1.16 bits per heavy atom. The average molecular weight is 574 g/mol. The Bertz CT molecular complexity index is 1540. The van der Waals surface area contributed by atoms with E-state index in [9.17, 15) is 9.59 Å². The molecule has 3 aromatic rings. The molecule has 1 aliphatic rings. The van der Waals surface area contributed by atoms with Gasteiger partial charge in [-0.3, -0.25) is 9.36 Å². The lowest BCUT2D eigenvalue weighted by Crippen LogP contribution is -2.40. The molecule has 1 aliphatic heterocycles. The molecule has 4 rings (SSSR count). The lowest BCUT2D eigenvalue weighted by Gasteiger charge is -2.25. The molecule has 1 unspecified atom stereocenters. The van der Waals surface area contributed by atoms with Gasteiger partial charge in [0.05, 0.1) is 45.1 Å². The fourth-order valence-electron chi connectivity index (χ4n) is 4.05. The van der Waals surface area contributed by atoms with Crippen LogP contribution in [-0.2, 0) is 9.53 Å². The van der Waals surface area contributed by atoms with Gasteiger partial charge >= 0.3 is 5.97 Å². The molecule has 6 nitrogen and oxygen atoms in total. The Balaban J connectivity index is 1.82. The van der Waals surface area contributed by atoms with Gasteiger partial charge < -0.3 is 9.47 Å². The molecule has 9 heteroatoms. The number of carbonyl (C=O) groups is 1. The number of hydrogen-bond acceptors (Lipinski definition) is 6. The van der Waals surface area contributed by atoms with Crippen LogP contribution < -0.4 is 19.6 Å². The maximum Gasteiger partial charge on any atom is 0.338 e. The zero-order chi connectivity index (χ0) is 27.4. The van der Waals surface area contributed by atoms with Crippen LogP contribution in [-0.4, -0.2) is 23.8 Å². The third kappa shape index (κ3) is 6.22. The van der Waals surface area contributed by atoms with Gasteiger partial charge in [0.15, 0.2) is 4.80 Å². The molecule has 0 saturated carbocycles. The molecule has 2 aromatic carbocycles. The highest BCUT2D eigenvalue weighted by atomic mass is 35.5. The number of benzene rings is 2. The van der Waals surface area contributed by atoms with Crippen molar-refractivity contribution in [3.63, 3.8) is 0 Å². The summed E-state index contributed by atoms with van der Waals surface area (Å²) in [7, 11) is 0. The number of nitrogens with zero attached hydrogens (tertiary/aromatic N) is 2. The van der Waals surface area contributed by atoms with E-state index in [0.717, 1.165) is 29.7 Å². The van der Waals surface area contributed by atoms with Gasteiger partial charge in [-0.2, -0.15) is 0 Å². The van der Waals surface area contributed by atoms with Gasteiger partial charge in [0, 0.05) is 0 Å². The summed E-state index contributed by atoms with van der Waals surface area (Å²) in [6.07, 6.45) is 3.76. The molecule has 0 N–H and O–H groups in total. The molecule has 38 heavy (non-hydrogen) atoms. The zero-order valence-corrected chi connectivity index (χ0v) is 24.1. The Morgan fingerprint density at radius 2 is 1.89 bits per heavy atom. The molecular weight excluding hydrogens is 543 g/mol. The Labute approximate surface area is 235 Å². The number of hydrogen-bond donors (Lipinski definition) is 0. The van der Waals surface area contributed by atoms with Gasteiger partial charge in [0.25, 0.3) is 5.56 Å². The van der Waals surface area contributed by atoms with E-state index in [1.807, 2.05) is 38.1 Å². The summed E-state index contributed by atoms with van der Waals surface area (Å²) >= 11 is 13.5. The number of fused-ring (bicyclic) bond motifs is 1. The van der Waals surface area contributed by atoms with Gasteiger partial charge in [-0.25, -0.2) is 9.79 Å². The molecule has 0 saturated heterocycles. The predicted molar refractivity (Wildman–Crippen MR) is 153 cm³/mol. The van der Waals surface area contributed by atoms with E-state index in [2.05, 4.69) is 11.9 Å². The van der Waals surface area contributed by atoms with Crippen molar-refractivity contribution in [2.45, 2.75) is 46.6 Å². The molecule has 0 bridgehead atoms. The van der Waals surface area contributed by atoms with E-state index in [-0.39, 0.29) is 18.1 Å². The maximum atomic E-state index is 13.8. The first kappa shape index (κ1) is 28.1. The Hall–Kier alpha value is -2.87. The third-order valence-corrected chi connectivity index (χ3v) is 7.72. The summed E-state index contributed by atoms with van der Waals surface area (Å²) in [6, 6.07) is 12.0. The van der Waals surface area contributed by atoms with Gasteiger partial charge in [-0.1, -0.05) is 79.9 Å². The van der Waals surface area contributed by atoms with Crippen LogP contribution in [0.5, 0.6) is 5.75 Å². The second-order valence-corrected chi connectivity index (χ2v) is 11.3. The molecule has 0 aliphatic carbocycles. The number of aromatic nitrogens is 1. The molecule has 1 aromatic heterocycles. The van der Waals surface area contributed by atoms with Crippen molar-refractivity contribution in [2.75, 3.05) is 13.2 Å². The first-order chi connectivity index (χ1) is 18.2. The van der Waals surface area contributed by atoms with Crippen molar-refractivity contribution in [1.29, 1.82) is 0 Å². The third-order valence-electron chi connectivity index (χ3n) is 5.99. The standard InChI is InChI=1S/C29H30Cl2N2O4S/c1-5-6-13-36-21-10-8-20(9-11-21)26-25(28(35)37-16-17(2)3)18(4)32-29-33(26)27(34)24(38-29)15-19-7-12-22(30)23(31)14-19/h7-12,14-15,17,26H,5-6,13,16H2,1-4H3/b24-15-. The van der Waals surface area contributed by atoms with Crippen LogP contribution in [0.2, 0.25) is 10.0 Å². The van der Waals surface area contributed by atoms with E-state index in [1.54, 1.807) is 35.8 Å². The number of unbranched alkanes of at least 4 members (excludes halogenated alkanes) is 1. The fraction of sp³-hybridized carbons (Fsp3) is 0.345. The van der Waals surface area contributed by atoms with Crippen molar-refractivity contribution in [1.82, 2.24) is 4.57 Å². The number of esters is 1. The van der Waals surface area contributed by atoms with Gasteiger partial charge in [0.2, 0.25) is 0 Å². The van der Waals surface area contributed by atoms with E-state index < -0.39 is 12.0 Å². The minimum Gasteiger partial charge on any atom is -0.494 e. The zero-order valence-electron chi connectivity index (χ0n) is 21.8. The van der Waals surface area contributed by atoms with Gasteiger partial charge in [-0.05, 0) is 60.7 Å².